The van der Waals surface area contributed by atoms with Gasteiger partial charge in [0.15, 0.2) is 5.82 Å². The van der Waals surface area contributed by atoms with Crippen molar-refractivity contribution in [2.75, 3.05) is 4.72 Å². The molecule has 7 heteroatoms. The summed E-state index contributed by atoms with van der Waals surface area (Å²) in [6.45, 7) is 8.68. The highest BCUT2D eigenvalue weighted by Gasteiger charge is 2.19. The van der Waals surface area contributed by atoms with Crippen LogP contribution in [0.1, 0.15) is 37.6 Å². The molecule has 0 aliphatic heterocycles. The van der Waals surface area contributed by atoms with Crippen LogP contribution in [0.3, 0.4) is 0 Å². The van der Waals surface area contributed by atoms with Gasteiger partial charge < -0.3 is 0 Å². The standard InChI is InChI=1S/C21H24ClN3O2S/c1-15-13-20(23-25(15)14-16-5-9-18(22)10-6-16)24-28(26,27)19-11-7-17(8-12-19)21(2,3)4/h5-13H,14H2,1-4H3,(H,23,24). The number of aryl methyl sites for hydroxylation is 1. The molecule has 148 valence electrons. The first-order valence-corrected chi connectivity index (χ1v) is 10.8. The molecule has 0 atom stereocenters. The lowest BCUT2D eigenvalue weighted by molar-refractivity contribution is 0.587. The Balaban J connectivity index is 1.78. The summed E-state index contributed by atoms with van der Waals surface area (Å²) in [5.74, 6) is 0.298. The molecule has 1 heterocycles. The van der Waals surface area contributed by atoms with Gasteiger partial charge in [-0.1, -0.05) is 56.6 Å². The maximum Gasteiger partial charge on any atom is 0.263 e. The van der Waals surface area contributed by atoms with Gasteiger partial charge in [0.05, 0.1) is 11.4 Å². The number of hydrogen-bond acceptors (Lipinski definition) is 3. The minimum atomic E-state index is -3.70. The van der Waals surface area contributed by atoms with Gasteiger partial charge in [-0.15, -0.1) is 0 Å². The van der Waals surface area contributed by atoms with Crippen molar-refractivity contribution in [2.45, 2.75) is 44.6 Å². The predicted molar refractivity (Wildman–Crippen MR) is 113 cm³/mol. The fraction of sp³-hybridized carbons (Fsp3) is 0.286. The fourth-order valence-corrected chi connectivity index (χ4v) is 3.93. The Hall–Kier alpha value is -2.31. The first-order valence-electron chi connectivity index (χ1n) is 8.97. The molecule has 1 N–H and O–H groups in total. The Kier molecular flexibility index (Phi) is 5.55. The maximum absolute atomic E-state index is 12.7. The van der Waals surface area contributed by atoms with Crippen LogP contribution in [0.5, 0.6) is 0 Å². The van der Waals surface area contributed by atoms with Gasteiger partial charge in [-0.3, -0.25) is 9.40 Å². The Morgan fingerprint density at radius 1 is 1.04 bits per heavy atom. The van der Waals surface area contributed by atoms with Crippen molar-refractivity contribution in [2.24, 2.45) is 0 Å². The summed E-state index contributed by atoms with van der Waals surface area (Å²) >= 11 is 5.92. The summed E-state index contributed by atoms with van der Waals surface area (Å²) in [6, 6.07) is 16.1. The second kappa shape index (κ2) is 7.60. The molecule has 2 aromatic carbocycles. The molecule has 0 aliphatic carbocycles. The third-order valence-electron chi connectivity index (χ3n) is 4.50. The van der Waals surface area contributed by atoms with Crippen LogP contribution in [0.4, 0.5) is 5.82 Å². The Morgan fingerprint density at radius 2 is 1.64 bits per heavy atom. The van der Waals surface area contributed by atoms with Crippen LogP contribution in [0, 0.1) is 6.92 Å². The lowest BCUT2D eigenvalue weighted by Crippen LogP contribution is -2.15. The third-order valence-corrected chi connectivity index (χ3v) is 6.12. The van der Waals surface area contributed by atoms with Crippen LogP contribution in [0.2, 0.25) is 5.02 Å². The first kappa shape index (κ1) is 20.4. The minimum absolute atomic E-state index is 0.0345. The number of halogens is 1. The van der Waals surface area contributed by atoms with Gasteiger partial charge in [0, 0.05) is 16.8 Å². The van der Waals surface area contributed by atoms with Crippen molar-refractivity contribution in [3.05, 3.63) is 76.4 Å². The number of rotatable bonds is 5. The molecule has 1 aromatic heterocycles. The zero-order valence-electron chi connectivity index (χ0n) is 16.4. The lowest BCUT2D eigenvalue weighted by Gasteiger charge is -2.19. The average molecular weight is 418 g/mol. The highest BCUT2D eigenvalue weighted by atomic mass is 35.5. The predicted octanol–water partition coefficient (Wildman–Crippen LogP) is 4.99. The molecular formula is C21H24ClN3O2S. The van der Waals surface area contributed by atoms with E-state index in [4.69, 9.17) is 11.6 Å². The van der Waals surface area contributed by atoms with Gasteiger partial charge in [0.2, 0.25) is 0 Å². The second-order valence-electron chi connectivity index (χ2n) is 7.83. The van der Waals surface area contributed by atoms with Crippen molar-refractivity contribution in [3.8, 4) is 0 Å². The van der Waals surface area contributed by atoms with Crippen molar-refractivity contribution in [3.63, 3.8) is 0 Å². The van der Waals surface area contributed by atoms with E-state index in [2.05, 4.69) is 30.6 Å². The molecule has 0 saturated heterocycles. The van der Waals surface area contributed by atoms with E-state index in [1.807, 2.05) is 43.3 Å². The highest BCUT2D eigenvalue weighted by molar-refractivity contribution is 7.92. The molecule has 0 fully saturated rings. The summed E-state index contributed by atoms with van der Waals surface area (Å²) in [5, 5.41) is 5.06. The van der Waals surface area contributed by atoms with E-state index in [-0.39, 0.29) is 10.3 Å². The third kappa shape index (κ3) is 4.75. The van der Waals surface area contributed by atoms with Gasteiger partial charge in [-0.25, -0.2) is 8.42 Å². The van der Waals surface area contributed by atoms with Crippen LogP contribution in [-0.4, -0.2) is 18.2 Å². The number of nitrogens with one attached hydrogen (secondary N) is 1. The number of nitrogens with zero attached hydrogens (tertiary/aromatic N) is 2. The van der Waals surface area contributed by atoms with E-state index in [1.54, 1.807) is 22.9 Å². The lowest BCUT2D eigenvalue weighted by atomic mass is 9.87. The molecule has 0 spiro atoms. The average Bonchev–Trinajstić information content (AvgIpc) is 2.94. The summed E-state index contributed by atoms with van der Waals surface area (Å²) in [7, 11) is -3.70. The number of aromatic nitrogens is 2. The Bertz CT molecular complexity index is 1060. The normalized spacial score (nSPS) is 12.2. The van der Waals surface area contributed by atoms with E-state index in [0.717, 1.165) is 16.8 Å². The van der Waals surface area contributed by atoms with Gasteiger partial charge in [-0.05, 0) is 47.7 Å². The molecule has 0 saturated carbocycles. The Morgan fingerprint density at radius 3 is 2.21 bits per heavy atom. The van der Waals surface area contributed by atoms with Crippen LogP contribution in [-0.2, 0) is 22.0 Å². The van der Waals surface area contributed by atoms with E-state index < -0.39 is 10.0 Å². The molecule has 3 aromatic rings. The molecule has 0 aliphatic rings. The zero-order chi connectivity index (χ0) is 20.5. The second-order valence-corrected chi connectivity index (χ2v) is 9.95. The molecule has 0 bridgehead atoms. The van der Waals surface area contributed by atoms with Crippen LogP contribution >= 0.6 is 11.6 Å². The number of benzene rings is 2. The van der Waals surface area contributed by atoms with E-state index >= 15 is 0 Å². The molecule has 0 radical (unpaired) electrons. The Labute approximate surface area is 171 Å². The van der Waals surface area contributed by atoms with Crippen molar-refractivity contribution in [1.29, 1.82) is 0 Å². The summed E-state index contributed by atoms with van der Waals surface area (Å²) in [5.41, 5.74) is 2.93. The summed E-state index contributed by atoms with van der Waals surface area (Å²) in [6.07, 6.45) is 0. The summed E-state index contributed by atoms with van der Waals surface area (Å²) in [4.78, 5) is 0.213. The smallest absolute Gasteiger partial charge is 0.263 e. The minimum Gasteiger partial charge on any atom is -0.263 e. The monoisotopic (exact) mass is 417 g/mol. The van der Waals surface area contributed by atoms with E-state index in [1.165, 1.54) is 0 Å². The zero-order valence-corrected chi connectivity index (χ0v) is 18.0. The molecule has 0 unspecified atom stereocenters. The van der Waals surface area contributed by atoms with Crippen LogP contribution in [0.15, 0.2) is 59.5 Å². The van der Waals surface area contributed by atoms with Crippen molar-refractivity contribution in [1.82, 2.24) is 9.78 Å². The van der Waals surface area contributed by atoms with E-state index in [0.29, 0.717) is 17.4 Å². The SMILES string of the molecule is Cc1cc(NS(=O)(=O)c2ccc(C(C)(C)C)cc2)nn1Cc1ccc(Cl)cc1. The van der Waals surface area contributed by atoms with E-state index in [9.17, 15) is 8.42 Å². The number of anilines is 1. The molecule has 28 heavy (non-hydrogen) atoms. The van der Waals surface area contributed by atoms with Gasteiger partial charge >= 0.3 is 0 Å². The summed E-state index contributed by atoms with van der Waals surface area (Å²) < 4.78 is 29.7. The fourth-order valence-electron chi connectivity index (χ4n) is 2.81. The first-order chi connectivity index (χ1) is 13.0. The number of sulfonamides is 1. The van der Waals surface area contributed by atoms with Crippen molar-refractivity contribution >= 4 is 27.4 Å². The highest BCUT2D eigenvalue weighted by Crippen LogP contribution is 2.24. The number of hydrogen-bond donors (Lipinski definition) is 1. The quantitative estimate of drug-likeness (QED) is 0.635. The topological polar surface area (TPSA) is 64.0 Å². The van der Waals surface area contributed by atoms with Crippen LogP contribution < -0.4 is 4.72 Å². The largest absolute Gasteiger partial charge is 0.263 e. The van der Waals surface area contributed by atoms with Crippen LogP contribution in [0.25, 0.3) is 0 Å². The van der Waals surface area contributed by atoms with Crippen molar-refractivity contribution < 1.29 is 8.42 Å². The van der Waals surface area contributed by atoms with Gasteiger partial charge in [0.25, 0.3) is 10.0 Å². The molecular weight excluding hydrogens is 394 g/mol. The van der Waals surface area contributed by atoms with Gasteiger partial charge in [0.1, 0.15) is 0 Å². The van der Waals surface area contributed by atoms with Gasteiger partial charge in [-0.2, -0.15) is 5.10 Å². The molecule has 5 nitrogen and oxygen atoms in total. The molecule has 0 amide bonds. The molecule has 3 rings (SSSR count). The maximum atomic E-state index is 12.7.